The molecule has 1 heterocycles. The van der Waals surface area contributed by atoms with Gasteiger partial charge in [0, 0.05) is 11.3 Å². The lowest BCUT2D eigenvalue weighted by atomic mass is 10.1. The Bertz CT molecular complexity index is 474. The van der Waals surface area contributed by atoms with Crippen LogP contribution in [0.1, 0.15) is 17.1 Å². The molecule has 15 heavy (non-hydrogen) atoms. The molecule has 78 valence electrons. The molecule has 0 unspecified atom stereocenters. The standard InChI is InChI=1S/C12H13ClN2/c1-8-5-3-4-6-10(8)12-9(2)14-11(7-13)15-12/h3-6H,7H2,1-2H3,(H,14,15). The molecule has 0 fully saturated rings. The Balaban J connectivity index is 2.54. The molecule has 0 radical (unpaired) electrons. The van der Waals surface area contributed by atoms with E-state index in [0.29, 0.717) is 5.88 Å². The monoisotopic (exact) mass is 220 g/mol. The summed E-state index contributed by atoms with van der Waals surface area (Å²) in [4.78, 5) is 7.65. The summed E-state index contributed by atoms with van der Waals surface area (Å²) < 4.78 is 0. The topological polar surface area (TPSA) is 28.7 Å². The molecule has 3 heteroatoms. The van der Waals surface area contributed by atoms with E-state index < -0.39 is 0 Å². The predicted octanol–water partition coefficient (Wildman–Crippen LogP) is 3.43. The Morgan fingerprint density at radius 3 is 2.60 bits per heavy atom. The summed E-state index contributed by atoms with van der Waals surface area (Å²) >= 11 is 5.75. The average Bonchev–Trinajstić information content (AvgIpc) is 2.60. The maximum Gasteiger partial charge on any atom is 0.121 e. The van der Waals surface area contributed by atoms with Crippen molar-refractivity contribution in [2.75, 3.05) is 0 Å². The Hall–Kier alpha value is -1.28. The van der Waals surface area contributed by atoms with Crippen LogP contribution in [0.5, 0.6) is 0 Å². The third-order valence-corrected chi connectivity index (χ3v) is 2.71. The van der Waals surface area contributed by atoms with E-state index in [1.807, 2.05) is 19.1 Å². The van der Waals surface area contributed by atoms with Crippen LogP contribution in [0.2, 0.25) is 0 Å². The van der Waals surface area contributed by atoms with Gasteiger partial charge in [-0.1, -0.05) is 24.3 Å². The van der Waals surface area contributed by atoms with E-state index in [4.69, 9.17) is 11.6 Å². The predicted molar refractivity (Wildman–Crippen MR) is 63.1 cm³/mol. The number of aryl methyl sites for hydroxylation is 2. The van der Waals surface area contributed by atoms with Crippen LogP contribution in [-0.2, 0) is 5.88 Å². The van der Waals surface area contributed by atoms with Gasteiger partial charge in [-0.05, 0) is 19.4 Å². The van der Waals surface area contributed by atoms with Crippen molar-refractivity contribution in [3.8, 4) is 11.3 Å². The fourth-order valence-electron chi connectivity index (χ4n) is 1.69. The minimum absolute atomic E-state index is 0.423. The largest absolute Gasteiger partial charge is 0.345 e. The van der Waals surface area contributed by atoms with Gasteiger partial charge in [-0.2, -0.15) is 0 Å². The van der Waals surface area contributed by atoms with Crippen molar-refractivity contribution in [2.45, 2.75) is 19.7 Å². The van der Waals surface area contributed by atoms with Crippen LogP contribution < -0.4 is 0 Å². The molecule has 1 N–H and O–H groups in total. The van der Waals surface area contributed by atoms with Crippen molar-refractivity contribution in [3.63, 3.8) is 0 Å². The molecule has 1 aromatic carbocycles. The molecule has 0 aliphatic heterocycles. The van der Waals surface area contributed by atoms with E-state index in [0.717, 1.165) is 17.2 Å². The van der Waals surface area contributed by atoms with Gasteiger partial charge < -0.3 is 4.98 Å². The van der Waals surface area contributed by atoms with Gasteiger partial charge in [0.25, 0.3) is 0 Å². The summed E-state index contributed by atoms with van der Waals surface area (Å²) in [6, 6.07) is 8.22. The van der Waals surface area contributed by atoms with Crippen LogP contribution in [0.3, 0.4) is 0 Å². The van der Waals surface area contributed by atoms with Gasteiger partial charge in [-0.25, -0.2) is 4.98 Å². The number of nitrogens with zero attached hydrogens (tertiary/aromatic N) is 1. The van der Waals surface area contributed by atoms with E-state index >= 15 is 0 Å². The number of rotatable bonds is 2. The summed E-state index contributed by atoms with van der Waals surface area (Å²) in [6.45, 7) is 4.11. The Kier molecular flexibility index (Phi) is 2.78. The molecule has 1 aromatic heterocycles. The number of hydrogen-bond donors (Lipinski definition) is 1. The maximum atomic E-state index is 5.75. The van der Waals surface area contributed by atoms with Gasteiger partial charge in [0.2, 0.25) is 0 Å². The van der Waals surface area contributed by atoms with Crippen LogP contribution in [0.15, 0.2) is 24.3 Å². The van der Waals surface area contributed by atoms with Gasteiger partial charge in [0.05, 0.1) is 11.6 Å². The Labute approximate surface area is 94.3 Å². The molecular formula is C12H13ClN2. The van der Waals surface area contributed by atoms with Gasteiger partial charge in [0.1, 0.15) is 5.82 Å². The van der Waals surface area contributed by atoms with Gasteiger partial charge in [-0.15, -0.1) is 11.6 Å². The number of benzene rings is 1. The Morgan fingerprint density at radius 2 is 2.00 bits per heavy atom. The molecule has 0 saturated carbocycles. The summed E-state index contributed by atoms with van der Waals surface area (Å²) in [6.07, 6.45) is 0. The zero-order valence-electron chi connectivity index (χ0n) is 8.84. The summed E-state index contributed by atoms with van der Waals surface area (Å²) in [7, 11) is 0. The smallest absolute Gasteiger partial charge is 0.121 e. The van der Waals surface area contributed by atoms with Crippen molar-refractivity contribution in [2.24, 2.45) is 0 Å². The second-order valence-electron chi connectivity index (χ2n) is 3.61. The maximum absolute atomic E-state index is 5.75. The Morgan fingerprint density at radius 1 is 1.27 bits per heavy atom. The molecule has 0 aliphatic carbocycles. The number of alkyl halides is 1. The van der Waals surface area contributed by atoms with Crippen LogP contribution in [-0.4, -0.2) is 9.97 Å². The lowest BCUT2D eigenvalue weighted by Gasteiger charge is -2.02. The number of hydrogen-bond acceptors (Lipinski definition) is 1. The third kappa shape index (κ3) is 1.90. The van der Waals surface area contributed by atoms with Crippen LogP contribution in [0.4, 0.5) is 0 Å². The average molecular weight is 221 g/mol. The number of aromatic amines is 1. The van der Waals surface area contributed by atoms with Crippen LogP contribution >= 0.6 is 11.6 Å². The SMILES string of the molecule is Cc1ccccc1-c1nc(CCl)[nH]c1C. The van der Waals surface area contributed by atoms with E-state index in [1.54, 1.807) is 0 Å². The number of halogens is 1. The number of imidazole rings is 1. The van der Waals surface area contributed by atoms with Gasteiger partial charge >= 0.3 is 0 Å². The minimum Gasteiger partial charge on any atom is -0.345 e. The van der Waals surface area contributed by atoms with Crippen molar-refractivity contribution in [1.29, 1.82) is 0 Å². The summed E-state index contributed by atoms with van der Waals surface area (Å²) in [5.41, 5.74) is 4.47. The van der Waals surface area contributed by atoms with E-state index in [2.05, 4.69) is 29.0 Å². The lowest BCUT2D eigenvalue weighted by Crippen LogP contribution is -1.85. The highest BCUT2D eigenvalue weighted by Gasteiger charge is 2.09. The van der Waals surface area contributed by atoms with Crippen molar-refractivity contribution < 1.29 is 0 Å². The van der Waals surface area contributed by atoms with Crippen molar-refractivity contribution in [3.05, 3.63) is 41.3 Å². The minimum atomic E-state index is 0.423. The first-order chi connectivity index (χ1) is 7.22. The molecule has 0 amide bonds. The van der Waals surface area contributed by atoms with Crippen LogP contribution in [0.25, 0.3) is 11.3 Å². The van der Waals surface area contributed by atoms with Gasteiger partial charge in [0.15, 0.2) is 0 Å². The second-order valence-corrected chi connectivity index (χ2v) is 3.87. The first-order valence-corrected chi connectivity index (χ1v) is 5.43. The number of H-pyrrole nitrogens is 1. The molecule has 0 bridgehead atoms. The highest BCUT2D eigenvalue weighted by molar-refractivity contribution is 6.16. The molecule has 0 atom stereocenters. The second kappa shape index (κ2) is 4.07. The zero-order chi connectivity index (χ0) is 10.8. The van der Waals surface area contributed by atoms with Crippen molar-refractivity contribution >= 4 is 11.6 Å². The van der Waals surface area contributed by atoms with E-state index in [-0.39, 0.29) is 0 Å². The lowest BCUT2D eigenvalue weighted by molar-refractivity contribution is 1.10. The normalized spacial score (nSPS) is 10.6. The zero-order valence-corrected chi connectivity index (χ0v) is 9.60. The summed E-state index contributed by atoms with van der Waals surface area (Å²) in [5, 5.41) is 0. The quantitative estimate of drug-likeness (QED) is 0.772. The summed E-state index contributed by atoms with van der Waals surface area (Å²) in [5.74, 6) is 1.25. The van der Waals surface area contributed by atoms with E-state index in [9.17, 15) is 0 Å². The third-order valence-electron chi connectivity index (χ3n) is 2.46. The molecule has 0 spiro atoms. The molecule has 2 aromatic rings. The molecule has 0 aliphatic rings. The number of nitrogens with one attached hydrogen (secondary N) is 1. The highest BCUT2D eigenvalue weighted by Crippen LogP contribution is 2.24. The molecular weight excluding hydrogens is 208 g/mol. The molecule has 2 nitrogen and oxygen atoms in total. The fraction of sp³-hybridized carbons (Fsp3) is 0.250. The first-order valence-electron chi connectivity index (χ1n) is 4.90. The molecule has 2 rings (SSSR count). The van der Waals surface area contributed by atoms with Gasteiger partial charge in [-0.3, -0.25) is 0 Å². The number of aromatic nitrogens is 2. The van der Waals surface area contributed by atoms with E-state index in [1.165, 1.54) is 11.1 Å². The highest BCUT2D eigenvalue weighted by atomic mass is 35.5. The fourth-order valence-corrected chi connectivity index (χ4v) is 1.81. The van der Waals surface area contributed by atoms with Crippen molar-refractivity contribution in [1.82, 2.24) is 9.97 Å². The first kappa shape index (κ1) is 10.2. The van der Waals surface area contributed by atoms with Crippen LogP contribution in [0, 0.1) is 13.8 Å². The molecule has 0 saturated heterocycles.